The van der Waals surface area contributed by atoms with Gasteiger partial charge in [0.25, 0.3) is 0 Å². The molecular formula is C20H45BrNP. The molecule has 0 rings (SSSR count). The molecule has 0 aliphatic heterocycles. The second-order valence-corrected chi connectivity index (χ2v) is 12.0. The fraction of sp³-hybridized carbons (Fsp3) is 1.00. The summed E-state index contributed by atoms with van der Waals surface area (Å²) in [6.07, 6.45) is 20.2. The van der Waals surface area contributed by atoms with E-state index in [9.17, 15) is 0 Å². The van der Waals surface area contributed by atoms with Crippen molar-refractivity contribution >= 4 is 7.26 Å². The summed E-state index contributed by atoms with van der Waals surface area (Å²) in [6.45, 7) is 12.0. The zero-order valence-electron chi connectivity index (χ0n) is 16.6. The average Bonchev–Trinajstić information content (AvgIpc) is 2.56. The Morgan fingerprint density at radius 2 is 1.00 bits per heavy atom. The molecule has 1 N–H and O–H groups in total. The van der Waals surface area contributed by atoms with E-state index < -0.39 is 7.26 Å². The molecule has 0 fully saturated rings. The standard InChI is InChI=1S/C20H45NP.BrH/c1-5-9-10-11-12-15-18-21-19-16-13-14-17-20-22(6-2,7-3)8-4;/h21H,5-20H2,1-4H3;1H/q+1;/p-1. The van der Waals surface area contributed by atoms with Crippen molar-refractivity contribution < 1.29 is 17.0 Å². The Morgan fingerprint density at radius 1 is 0.565 bits per heavy atom. The summed E-state index contributed by atoms with van der Waals surface area (Å²) >= 11 is 0. The first-order chi connectivity index (χ1) is 10.7. The van der Waals surface area contributed by atoms with E-state index in [0.29, 0.717) is 0 Å². The summed E-state index contributed by atoms with van der Waals surface area (Å²) in [4.78, 5) is 0. The smallest absolute Gasteiger partial charge is 0.0594 e. The van der Waals surface area contributed by atoms with Crippen LogP contribution in [0.4, 0.5) is 0 Å². The van der Waals surface area contributed by atoms with Crippen LogP contribution in [0.1, 0.15) is 91.9 Å². The van der Waals surface area contributed by atoms with E-state index in [1.807, 2.05) is 0 Å². The van der Waals surface area contributed by atoms with E-state index in [2.05, 4.69) is 33.0 Å². The van der Waals surface area contributed by atoms with Crippen LogP contribution in [-0.2, 0) is 0 Å². The molecule has 0 heterocycles. The predicted molar refractivity (Wildman–Crippen MR) is 108 cm³/mol. The van der Waals surface area contributed by atoms with Crippen molar-refractivity contribution in [3.63, 3.8) is 0 Å². The van der Waals surface area contributed by atoms with Gasteiger partial charge in [0.1, 0.15) is 0 Å². The lowest BCUT2D eigenvalue weighted by Gasteiger charge is -2.23. The molecule has 142 valence electrons. The van der Waals surface area contributed by atoms with Gasteiger partial charge in [0.2, 0.25) is 0 Å². The third-order valence-corrected chi connectivity index (χ3v) is 10.7. The summed E-state index contributed by atoms with van der Waals surface area (Å²) in [6, 6.07) is 0. The minimum Gasteiger partial charge on any atom is -1.00 e. The summed E-state index contributed by atoms with van der Waals surface area (Å²) in [5.41, 5.74) is 0. The fourth-order valence-electron chi connectivity index (χ4n) is 3.35. The van der Waals surface area contributed by atoms with Gasteiger partial charge in [-0.15, -0.1) is 0 Å². The molecule has 0 aliphatic carbocycles. The van der Waals surface area contributed by atoms with Crippen molar-refractivity contribution in [2.24, 2.45) is 0 Å². The molecule has 0 aliphatic rings. The zero-order chi connectivity index (χ0) is 16.5. The minimum absolute atomic E-state index is 0. The Labute approximate surface area is 159 Å². The van der Waals surface area contributed by atoms with Gasteiger partial charge in [-0.25, -0.2) is 0 Å². The van der Waals surface area contributed by atoms with Crippen LogP contribution in [0.2, 0.25) is 0 Å². The minimum atomic E-state index is -0.537. The molecule has 0 amide bonds. The van der Waals surface area contributed by atoms with Crippen LogP contribution in [0.3, 0.4) is 0 Å². The molecule has 0 aromatic rings. The molecule has 0 unspecified atom stereocenters. The lowest BCUT2D eigenvalue weighted by atomic mass is 10.1. The van der Waals surface area contributed by atoms with Gasteiger partial charge in [0.15, 0.2) is 0 Å². The van der Waals surface area contributed by atoms with Crippen LogP contribution in [-0.4, -0.2) is 37.7 Å². The van der Waals surface area contributed by atoms with Crippen molar-refractivity contribution in [1.82, 2.24) is 5.32 Å². The highest BCUT2D eigenvalue weighted by Crippen LogP contribution is 2.58. The van der Waals surface area contributed by atoms with E-state index >= 15 is 0 Å². The highest BCUT2D eigenvalue weighted by molar-refractivity contribution is 7.75. The lowest BCUT2D eigenvalue weighted by molar-refractivity contribution is -0.00000510. The fourth-order valence-corrected chi connectivity index (χ4v) is 6.54. The van der Waals surface area contributed by atoms with Gasteiger partial charge in [-0.2, -0.15) is 0 Å². The third kappa shape index (κ3) is 14.9. The second-order valence-electron chi connectivity index (χ2n) is 6.95. The van der Waals surface area contributed by atoms with Crippen LogP contribution in [0, 0.1) is 0 Å². The molecule has 0 aromatic carbocycles. The maximum absolute atomic E-state index is 3.62. The molecule has 0 atom stereocenters. The van der Waals surface area contributed by atoms with Gasteiger partial charge in [-0.05, 0) is 59.5 Å². The first-order valence-corrected chi connectivity index (χ1v) is 12.8. The summed E-state index contributed by atoms with van der Waals surface area (Å²) < 4.78 is 0. The zero-order valence-corrected chi connectivity index (χ0v) is 19.1. The first kappa shape index (κ1) is 26.1. The molecule has 0 radical (unpaired) electrons. The van der Waals surface area contributed by atoms with Crippen LogP contribution < -0.4 is 22.3 Å². The van der Waals surface area contributed by atoms with Crippen molar-refractivity contribution in [3.05, 3.63) is 0 Å². The predicted octanol–water partition coefficient (Wildman–Crippen LogP) is 3.58. The van der Waals surface area contributed by atoms with Crippen LogP contribution in [0.5, 0.6) is 0 Å². The van der Waals surface area contributed by atoms with Gasteiger partial charge in [0.05, 0.1) is 24.6 Å². The van der Waals surface area contributed by atoms with Gasteiger partial charge in [-0.3, -0.25) is 0 Å². The maximum atomic E-state index is 3.62. The van der Waals surface area contributed by atoms with Crippen molar-refractivity contribution in [3.8, 4) is 0 Å². The Bertz CT molecular complexity index is 211. The maximum Gasteiger partial charge on any atom is 0.0594 e. The normalized spacial score (nSPS) is 11.5. The van der Waals surface area contributed by atoms with E-state index in [1.54, 1.807) is 6.16 Å². The molecular weight excluding hydrogens is 365 g/mol. The summed E-state index contributed by atoms with van der Waals surface area (Å²) in [5, 5.41) is 3.62. The number of nitrogens with one attached hydrogen (secondary N) is 1. The Hall–Kier alpha value is 0.870. The average molecular weight is 410 g/mol. The highest BCUT2D eigenvalue weighted by Gasteiger charge is 2.29. The van der Waals surface area contributed by atoms with Gasteiger partial charge in [-0.1, -0.05) is 45.4 Å². The molecule has 3 heteroatoms. The summed E-state index contributed by atoms with van der Waals surface area (Å²) in [5.74, 6) is 0. The van der Waals surface area contributed by atoms with Gasteiger partial charge < -0.3 is 22.3 Å². The molecule has 0 saturated heterocycles. The van der Waals surface area contributed by atoms with E-state index in [4.69, 9.17) is 0 Å². The number of hydrogen-bond donors (Lipinski definition) is 1. The topological polar surface area (TPSA) is 12.0 Å². The molecule has 0 saturated carbocycles. The molecule has 0 bridgehead atoms. The van der Waals surface area contributed by atoms with Crippen LogP contribution in [0.25, 0.3) is 0 Å². The van der Waals surface area contributed by atoms with E-state index in [-0.39, 0.29) is 17.0 Å². The van der Waals surface area contributed by atoms with Gasteiger partial charge >= 0.3 is 0 Å². The number of hydrogen-bond acceptors (Lipinski definition) is 1. The lowest BCUT2D eigenvalue weighted by Crippen LogP contribution is -3.00. The highest BCUT2D eigenvalue weighted by atomic mass is 79.9. The molecule has 23 heavy (non-hydrogen) atoms. The van der Waals surface area contributed by atoms with Crippen molar-refractivity contribution in [2.45, 2.75) is 91.9 Å². The van der Waals surface area contributed by atoms with E-state index in [0.717, 1.165) is 0 Å². The second kappa shape index (κ2) is 19.2. The van der Waals surface area contributed by atoms with E-state index in [1.165, 1.54) is 95.8 Å². The quantitative estimate of drug-likeness (QED) is 0.286. The Balaban J connectivity index is 0. The SMILES string of the molecule is CCCCCCCCNCCCCCC[P+](CC)(CC)CC.[Br-]. The number of unbranched alkanes of at least 4 members (excludes halogenated alkanes) is 8. The van der Waals surface area contributed by atoms with Gasteiger partial charge in [0, 0.05) is 7.26 Å². The Morgan fingerprint density at radius 3 is 1.48 bits per heavy atom. The monoisotopic (exact) mass is 409 g/mol. The number of rotatable bonds is 17. The van der Waals surface area contributed by atoms with Crippen LogP contribution >= 0.6 is 7.26 Å². The molecule has 0 spiro atoms. The van der Waals surface area contributed by atoms with Crippen LogP contribution in [0.15, 0.2) is 0 Å². The number of halogens is 1. The molecule has 1 nitrogen and oxygen atoms in total. The molecule has 0 aromatic heterocycles. The van der Waals surface area contributed by atoms with Crippen molar-refractivity contribution in [2.75, 3.05) is 37.7 Å². The third-order valence-electron chi connectivity index (χ3n) is 5.46. The first-order valence-electron chi connectivity index (χ1n) is 10.3. The van der Waals surface area contributed by atoms with Crippen molar-refractivity contribution in [1.29, 1.82) is 0 Å². The Kier molecular flexibility index (Phi) is 21.8. The summed E-state index contributed by atoms with van der Waals surface area (Å²) in [7, 11) is -0.537. The largest absolute Gasteiger partial charge is 1.00 e.